The van der Waals surface area contributed by atoms with Crippen LogP contribution in [0.3, 0.4) is 0 Å². The Morgan fingerprint density at radius 1 is 1.33 bits per heavy atom. The lowest BCUT2D eigenvalue weighted by Gasteiger charge is -1.98. The smallest absolute Gasteiger partial charge is 0.155 e. The molecule has 0 aliphatic heterocycles. The van der Waals surface area contributed by atoms with Crippen molar-refractivity contribution in [3.8, 4) is 0 Å². The molecule has 0 rings (SSSR count). The molecule has 0 fully saturated rings. The van der Waals surface area contributed by atoms with Crippen LogP contribution in [0.25, 0.3) is 0 Å². The fraction of sp³-hybridized carbons (Fsp3) is 1.00. The molecule has 54 valence electrons. The van der Waals surface area contributed by atoms with Crippen molar-refractivity contribution in [2.75, 3.05) is 6.16 Å². The van der Waals surface area contributed by atoms with E-state index in [1.165, 1.54) is 0 Å². The lowest BCUT2D eigenvalue weighted by Crippen LogP contribution is -2.02. The van der Waals surface area contributed by atoms with Crippen molar-refractivity contribution in [3.63, 3.8) is 0 Å². The molecule has 0 saturated carbocycles. The van der Waals surface area contributed by atoms with Gasteiger partial charge in [-0.1, -0.05) is 0 Å². The molecule has 9 heavy (non-hydrogen) atoms. The van der Waals surface area contributed by atoms with Gasteiger partial charge in [0.15, 0.2) is 14.8 Å². The molecule has 0 saturated heterocycles. The second-order valence-electron chi connectivity index (χ2n) is 1.83. The van der Waals surface area contributed by atoms with Crippen LogP contribution in [-0.2, 0) is 4.57 Å². The molecule has 0 aromatic rings. The molecular weight excluding hydrogens is 139 g/mol. The molecular formula is C5H11O3P. The minimum Gasteiger partial charge on any atom is -0.368 e. The van der Waals surface area contributed by atoms with E-state index in [-0.39, 0.29) is 8.46 Å². The molecule has 0 aliphatic carbocycles. The normalized spacial score (nSPS) is 11.0. The zero-order valence-corrected chi connectivity index (χ0v) is 6.05. The van der Waals surface area contributed by atoms with Gasteiger partial charge in [0.1, 0.15) is 0 Å². The van der Waals surface area contributed by atoms with Gasteiger partial charge in [-0.3, -0.25) is 4.57 Å². The van der Waals surface area contributed by atoms with Crippen LogP contribution in [0.2, 0.25) is 0 Å². The topological polar surface area (TPSA) is 57.5 Å². The van der Waals surface area contributed by atoms with E-state index in [2.05, 4.69) is 0 Å². The third-order valence-electron chi connectivity index (χ3n) is 0.962. The number of unbranched alkanes of at least 4 members (excludes halogenated alkanes) is 1. The van der Waals surface area contributed by atoms with Crippen LogP contribution in [0, 0.1) is 0 Å². The highest BCUT2D eigenvalue weighted by molar-refractivity contribution is 7.23. The first-order valence-electron chi connectivity index (χ1n) is 2.92. The zero-order chi connectivity index (χ0) is 7.11. The summed E-state index contributed by atoms with van der Waals surface area (Å²) in [6.07, 6.45) is 1.32. The first-order chi connectivity index (χ1) is 4.27. The Labute approximate surface area is 55.9 Å². The Morgan fingerprint density at radius 3 is 2.44 bits per heavy atom. The van der Waals surface area contributed by atoms with E-state index in [1.54, 1.807) is 0 Å². The van der Waals surface area contributed by atoms with Gasteiger partial charge in [-0.25, -0.2) is 0 Å². The first-order valence-corrected chi connectivity index (χ1v) is 3.92. The van der Waals surface area contributed by atoms with Gasteiger partial charge in [0.25, 0.3) is 0 Å². The van der Waals surface area contributed by atoms with Crippen LogP contribution in [0.4, 0.5) is 0 Å². The fourth-order valence-electron chi connectivity index (χ4n) is 0.503. The molecule has 0 radical (unpaired) electrons. The minimum absolute atomic E-state index is 0.144. The number of hydrogen-bond donors (Lipinski definition) is 2. The molecule has 4 heteroatoms. The lowest BCUT2D eigenvalue weighted by atomic mass is 10.2. The van der Waals surface area contributed by atoms with Crippen molar-refractivity contribution >= 4 is 8.46 Å². The lowest BCUT2D eigenvalue weighted by molar-refractivity contribution is -0.0462. The van der Waals surface area contributed by atoms with Gasteiger partial charge in [0.05, 0.1) is 0 Å². The van der Waals surface area contributed by atoms with Gasteiger partial charge < -0.3 is 10.2 Å². The van der Waals surface area contributed by atoms with Gasteiger partial charge >= 0.3 is 0 Å². The molecule has 0 atom stereocenters. The maximum Gasteiger partial charge on any atom is 0.155 e. The van der Waals surface area contributed by atoms with Crippen LogP contribution in [0.1, 0.15) is 19.3 Å². The van der Waals surface area contributed by atoms with Gasteiger partial charge in [-0.15, -0.1) is 0 Å². The van der Waals surface area contributed by atoms with E-state index in [9.17, 15) is 4.57 Å². The average Bonchev–Trinajstić information content (AvgIpc) is 1.80. The maximum absolute atomic E-state index is 9.82. The number of aliphatic hydroxyl groups excluding tert-OH is 1. The van der Waals surface area contributed by atoms with Gasteiger partial charge in [-0.05, 0) is 19.3 Å². The second-order valence-corrected chi connectivity index (χ2v) is 2.53. The zero-order valence-electron chi connectivity index (χ0n) is 5.16. The summed E-state index contributed by atoms with van der Waals surface area (Å²) in [6, 6.07) is 0. The van der Waals surface area contributed by atoms with Crippen LogP contribution in [-0.4, -0.2) is 22.7 Å². The van der Waals surface area contributed by atoms with Crippen molar-refractivity contribution in [1.29, 1.82) is 0 Å². The molecule has 0 aromatic carbocycles. The van der Waals surface area contributed by atoms with Crippen LogP contribution < -0.4 is 0 Å². The molecule has 0 amide bonds. The highest BCUT2D eigenvalue weighted by Gasteiger charge is 1.95. The quantitative estimate of drug-likeness (QED) is 0.345. The summed E-state index contributed by atoms with van der Waals surface area (Å²) in [4.78, 5) is 0. The van der Waals surface area contributed by atoms with Crippen molar-refractivity contribution in [2.24, 2.45) is 0 Å². The second kappa shape index (κ2) is 6.14. The Bertz CT molecular complexity index is 74.6. The summed E-state index contributed by atoms with van der Waals surface area (Å²) >= 11 is 0. The Balaban J connectivity index is 2.82. The Hall–Kier alpha value is 0.0200. The summed E-state index contributed by atoms with van der Waals surface area (Å²) in [7, 11) is 0.144. The van der Waals surface area contributed by atoms with E-state index < -0.39 is 6.29 Å². The number of rotatable bonds is 5. The SMILES string of the molecule is O=PCCCCC(O)O. The summed E-state index contributed by atoms with van der Waals surface area (Å²) in [5, 5.41) is 16.7. The van der Waals surface area contributed by atoms with Crippen molar-refractivity contribution in [2.45, 2.75) is 25.6 Å². The maximum atomic E-state index is 9.82. The molecule has 2 N–H and O–H groups in total. The fourth-order valence-corrected chi connectivity index (χ4v) is 0.856. The van der Waals surface area contributed by atoms with E-state index >= 15 is 0 Å². The van der Waals surface area contributed by atoms with Gasteiger partial charge in [0, 0.05) is 6.16 Å². The summed E-state index contributed by atoms with van der Waals surface area (Å²) < 4.78 is 9.82. The predicted octanol–water partition coefficient (Wildman–Crippen LogP) is 0.759. The Kier molecular flexibility index (Phi) is 6.16. The van der Waals surface area contributed by atoms with Gasteiger partial charge in [-0.2, -0.15) is 0 Å². The number of aliphatic hydroxyl groups is 2. The summed E-state index contributed by atoms with van der Waals surface area (Å²) in [6.45, 7) is 0. The van der Waals surface area contributed by atoms with Crippen LogP contribution >= 0.6 is 8.46 Å². The highest BCUT2D eigenvalue weighted by Crippen LogP contribution is 2.02. The van der Waals surface area contributed by atoms with E-state index in [4.69, 9.17) is 10.2 Å². The van der Waals surface area contributed by atoms with E-state index in [1.807, 2.05) is 0 Å². The first kappa shape index (κ1) is 9.02. The van der Waals surface area contributed by atoms with E-state index in [0.717, 1.165) is 12.8 Å². The third kappa shape index (κ3) is 8.02. The summed E-state index contributed by atoms with van der Waals surface area (Å²) in [5.74, 6) is 0. The summed E-state index contributed by atoms with van der Waals surface area (Å²) in [5.41, 5.74) is 0. The Morgan fingerprint density at radius 2 is 2.00 bits per heavy atom. The predicted molar refractivity (Wildman–Crippen MR) is 34.6 cm³/mol. The third-order valence-corrected chi connectivity index (χ3v) is 1.46. The average molecular weight is 150 g/mol. The highest BCUT2D eigenvalue weighted by atomic mass is 31.1. The van der Waals surface area contributed by atoms with Crippen LogP contribution in [0.5, 0.6) is 0 Å². The van der Waals surface area contributed by atoms with Crippen molar-refractivity contribution < 1.29 is 14.8 Å². The monoisotopic (exact) mass is 150 g/mol. The molecule has 0 bridgehead atoms. The number of hydrogen-bond acceptors (Lipinski definition) is 3. The molecule has 0 heterocycles. The van der Waals surface area contributed by atoms with Crippen molar-refractivity contribution in [1.82, 2.24) is 0 Å². The molecule has 0 aliphatic rings. The standard InChI is InChI=1S/C5H11O3P/c6-5(7)3-1-2-4-9-8/h5-7H,1-4H2. The van der Waals surface area contributed by atoms with E-state index in [0.29, 0.717) is 12.6 Å². The van der Waals surface area contributed by atoms with Crippen molar-refractivity contribution in [3.05, 3.63) is 0 Å². The molecule has 0 aromatic heterocycles. The van der Waals surface area contributed by atoms with Gasteiger partial charge in [0.2, 0.25) is 0 Å². The largest absolute Gasteiger partial charge is 0.368 e. The van der Waals surface area contributed by atoms with Crippen LogP contribution in [0.15, 0.2) is 0 Å². The minimum atomic E-state index is -1.20. The molecule has 0 spiro atoms. The molecule has 0 unspecified atom stereocenters. The molecule has 3 nitrogen and oxygen atoms in total.